The van der Waals surface area contributed by atoms with Gasteiger partial charge in [0.2, 0.25) is 0 Å². The lowest BCUT2D eigenvalue weighted by Gasteiger charge is -2.08. The van der Waals surface area contributed by atoms with Gasteiger partial charge in [0.25, 0.3) is 0 Å². The van der Waals surface area contributed by atoms with Gasteiger partial charge in [-0.2, -0.15) is 0 Å². The summed E-state index contributed by atoms with van der Waals surface area (Å²) < 4.78 is 4.64. The van der Waals surface area contributed by atoms with E-state index >= 15 is 0 Å². The minimum atomic E-state index is -0.236. The Morgan fingerprint density at radius 2 is 1.85 bits per heavy atom. The Kier molecular flexibility index (Phi) is 5.29. The molecule has 1 N–H and O–H groups in total. The maximum absolute atomic E-state index is 11.2. The Hall–Kier alpha value is -1.23. The van der Waals surface area contributed by atoms with Gasteiger partial charge in [-0.15, -0.1) is 11.3 Å². The summed E-state index contributed by atoms with van der Waals surface area (Å²) in [6, 6.07) is 9.27. The van der Waals surface area contributed by atoms with Gasteiger partial charge in [0.15, 0.2) is 0 Å². The second-order valence-corrected chi connectivity index (χ2v) is 6.14. The summed E-state index contributed by atoms with van der Waals surface area (Å²) in [7, 11) is 1.39. The number of ether oxygens (including phenoxy) is 1. The van der Waals surface area contributed by atoms with Crippen molar-refractivity contribution in [3.8, 4) is 0 Å². The zero-order chi connectivity index (χ0) is 14.5. The van der Waals surface area contributed by atoms with Crippen molar-refractivity contribution in [1.82, 2.24) is 0 Å². The average Bonchev–Trinajstić information content (AvgIpc) is 2.85. The lowest BCUT2D eigenvalue weighted by atomic mass is 10.3. The smallest absolute Gasteiger partial charge is 0.310 e. The van der Waals surface area contributed by atoms with Crippen LogP contribution in [0.3, 0.4) is 0 Å². The maximum atomic E-state index is 11.2. The molecule has 0 radical (unpaired) electrons. The highest BCUT2D eigenvalue weighted by Crippen LogP contribution is 2.30. The van der Waals surface area contributed by atoms with Gasteiger partial charge in [-0.25, -0.2) is 0 Å². The number of halogens is 2. The molecule has 0 saturated heterocycles. The van der Waals surface area contributed by atoms with Crippen LogP contribution >= 0.6 is 34.5 Å². The molecule has 0 saturated carbocycles. The van der Waals surface area contributed by atoms with Crippen LogP contribution in [0.15, 0.2) is 30.3 Å². The summed E-state index contributed by atoms with van der Waals surface area (Å²) in [5.74, 6) is -0.236. The van der Waals surface area contributed by atoms with E-state index in [9.17, 15) is 4.79 Å². The Morgan fingerprint density at radius 3 is 2.50 bits per heavy atom. The molecule has 6 heteroatoms. The topological polar surface area (TPSA) is 38.3 Å². The number of hydrogen-bond acceptors (Lipinski definition) is 4. The molecule has 0 aliphatic rings. The number of methoxy groups -OCH3 is 1. The first-order valence-electron chi connectivity index (χ1n) is 5.92. The van der Waals surface area contributed by atoms with Crippen LogP contribution < -0.4 is 5.32 Å². The third-order valence-corrected chi connectivity index (χ3v) is 4.38. The number of nitrogens with one attached hydrogen (secondary N) is 1. The number of anilines is 1. The van der Waals surface area contributed by atoms with Crippen molar-refractivity contribution in [3.05, 3.63) is 50.1 Å². The number of carbonyl (C=O) groups excluding carboxylic acids is 1. The van der Waals surface area contributed by atoms with Crippen molar-refractivity contribution in [2.75, 3.05) is 12.4 Å². The van der Waals surface area contributed by atoms with E-state index in [-0.39, 0.29) is 5.97 Å². The molecule has 106 valence electrons. The fourth-order valence-corrected chi connectivity index (χ4v) is 3.14. The highest BCUT2D eigenvalue weighted by Gasteiger charge is 2.08. The van der Waals surface area contributed by atoms with E-state index in [0.717, 1.165) is 15.4 Å². The Balaban J connectivity index is 1.99. The highest BCUT2D eigenvalue weighted by molar-refractivity contribution is 7.12. The van der Waals surface area contributed by atoms with Crippen molar-refractivity contribution in [1.29, 1.82) is 0 Å². The summed E-state index contributed by atoms with van der Waals surface area (Å²) in [6.45, 7) is 0.606. The normalized spacial score (nSPS) is 10.3. The zero-order valence-electron chi connectivity index (χ0n) is 10.8. The molecular formula is C14H13Cl2NO2S. The predicted molar refractivity (Wildman–Crippen MR) is 83.8 cm³/mol. The molecule has 2 aromatic rings. The van der Waals surface area contributed by atoms with Crippen molar-refractivity contribution < 1.29 is 9.53 Å². The first-order chi connectivity index (χ1) is 9.60. The van der Waals surface area contributed by atoms with Gasteiger partial charge >= 0.3 is 5.97 Å². The average molecular weight is 330 g/mol. The van der Waals surface area contributed by atoms with E-state index in [1.807, 2.05) is 12.1 Å². The number of esters is 1. The molecule has 0 atom stereocenters. The fraction of sp³-hybridized carbons (Fsp3) is 0.214. The maximum Gasteiger partial charge on any atom is 0.310 e. The minimum absolute atomic E-state index is 0.236. The lowest BCUT2D eigenvalue weighted by molar-refractivity contribution is -0.139. The van der Waals surface area contributed by atoms with Gasteiger partial charge in [0.05, 0.1) is 29.3 Å². The molecule has 1 aromatic carbocycles. The number of rotatable bonds is 5. The van der Waals surface area contributed by atoms with Gasteiger partial charge in [-0.3, -0.25) is 4.79 Å². The van der Waals surface area contributed by atoms with E-state index in [2.05, 4.69) is 10.1 Å². The Bertz CT molecular complexity index is 593. The Labute approximate surface area is 131 Å². The van der Waals surface area contributed by atoms with Crippen molar-refractivity contribution >= 4 is 46.2 Å². The summed E-state index contributed by atoms with van der Waals surface area (Å²) in [5.41, 5.74) is 0.721. The standard InChI is InChI=1S/C14H13Cl2NO2S/c1-19-13(18)7-9-5-6-10(20-9)8-17-14-11(15)3-2-4-12(14)16/h2-6,17H,7-8H2,1H3. The van der Waals surface area contributed by atoms with E-state index in [0.29, 0.717) is 23.0 Å². The molecule has 1 aromatic heterocycles. The molecule has 0 bridgehead atoms. The molecule has 20 heavy (non-hydrogen) atoms. The number of benzene rings is 1. The van der Waals surface area contributed by atoms with Crippen LogP contribution in [0.5, 0.6) is 0 Å². The predicted octanol–water partition coefficient (Wildman–Crippen LogP) is 4.38. The van der Waals surface area contributed by atoms with E-state index < -0.39 is 0 Å². The molecule has 0 amide bonds. The molecule has 0 fully saturated rings. The minimum Gasteiger partial charge on any atom is -0.469 e. The Morgan fingerprint density at radius 1 is 1.20 bits per heavy atom. The van der Waals surface area contributed by atoms with Gasteiger partial charge in [-0.05, 0) is 24.3 Å². The molecule has 0 unspecified atom stereocenters. The quantitative estimate of drug-likeness (QED) is 0.827. The van der Waals surface area contributed by atoms with Crippen molar-refractivity contribution in [3.63, 3.8) is 0 Å². The first-order valence-corrected chi connectivity index (χ1v) is 7.49. The lowest BCUT2D eigenvalue weighted by Crippen LogP contribution is -2.02. The molecule has 0 aliphatic carbocycles. The summed E-state index contributed by atoms with van der Waals surface area (Å²) in [4.78, 5) is 13.3. The second kappa shape index (κ2) is 6.97. The SMILES string of the molecule is COC(=O)Cc1ccc(CNc2c(Cl)cccc2Cl)s1. The van der Waals surface area contributed by atoms with Crippen LogP contribution in [-0.2, 0) is 22.5 Å². The van der Waals surface area contributed by atoms with Crippen LogP contribution in [0, 0.1) is 0 Å². The number of para-hydroxylation sites is 1. The van der Waals surface area contributed by atoms with E-state index in [1.54, 1.807) is 29.5 Å². The zero-order valence-corrected chi connectivity index (χ0v) is 13.1. The summed E-state index contributed by atoms with van der Waals surface area (Å²) in [6.07, 6.45) is 0.300. The number of thiophene rings is 1. The van der Waals surface area contributed by atoms with Crippen molar-refractivity contribution in [2.45, 2.75) is 13.0 Å². The summed E-state index contributed by atoms with van der Waals surface area (Å²) >= 11 is 13.7. The first kappa shape index (κ1) is 15.2. The molecule has 0 aliphatic heterocycles. The molecule has 1 heterocycles. The van der Waals surface area contributed by atoms with E-state index in [1.165, 1.54) is 7.11 Å². The van der Waals surface area contributed by atoms with Gasteiger partial charge < -0.3 is 10.1 Å². The monoisotopic (exact) mass is 329 g/mol. The summed E-state index contributed by atoms with van der Waals surface area (Å²) in [5, 5.41) is 4.38. The van der Waals surface area contributed by atoms with Gasteiger partial charge in [0, 0.05) is 16.3 Å². The highest BCUT2D eigenvalue weighted by atomic mass is 35.5. The third-order valence-electron chi connectivity index (χ3n) is 2.67. The number of carbonyl (C=O) groups is 1. The second-order valence-electron chi connectivity index (χ2n) is 4.07. The molecule has 2 rings (SSSR count). The molecular weight excluding hydrogens is 317 g/mol. The van der Waals surface area contributed by atoms with Crippen LogP contribution in [0.2, 0.25) is 10.0 Å². The fourth-order valence-electron chi connectivity index (χ4n) is 1.67. The van der Waals surface area contributed by atoms with Crippen LogP contribution in [0.25, 0.3) is 0 Å². The van der Waals surface area contributed by atoms with E-state index in [4.69, 9.17) is 23.2 Å². The van der Waals surface area contributed by atoms with Crippen molar-refractivity contribution in [2.24, 2.45) is 0 Å². The van der Waals surface area contributed by atoms with Gasteiger partial charge in [-0.1, -0.05) is 29.3 Å². The number of hydrogen-bond donors (Lipinski definition) is 1. The van der Waals surface area contributed by atoms with Crippen LogP contribution in [0.4, 0.5) is 5.69 Å². The largest absolute Gasteiger partial charge is 0.469 e. The molecule has 0 spiro atoms. The van der Waals surface area contributed by atoms with Crippen LogP contribution in [0.1, 0.15) is 9.75 Å². The third kappa shape index (κ3) is 3.88. The molecule has 3 nitrogen and oxygen atoms in total. The van der Waals surface area contributed by atoms with Gasteiger partial charge in [0.1, 0.15) is 0 Å². The van der Waals surface area contributed by atoms with Crippen LogP contribution in [-0.4, -0.2) is 13.1 Å².